The van der Waals surface area contributed by atoms with Crippen molar-refractivity contribution in [3.8, 4) is 16.9 Å². The van der Waals surface area contributed by atoms with Gasteiger partial charge in [-0.3, -0.25) is 4.79 Å². The van der Waals surface area contributed by atoms with E-state index in [-0.39, 0.29) is 18.9 Å². The van der Waals surface area contributed by atoms with Crippen LogP contribution in [0, 0.1) is 5.82 Å². The molecule has 214 valence electrons. The first-order chi connectivity index (χ1) is 19.6. The number of fused-ring (bicyclic) bond motifs is 2. The number of esters is 1. The van der Waals surface area contributed by atoms with Crippen LogP contribution in [0.5, 0.6) is 5.75 Å². The fraction of sp³-hybridized carbons (Fsp3) is 0.312. The second-order valence-electron chi connectivity index (χ2n) is 10.8. The van der Waals surface area contributed by atoms with Gasteiger partial charge in [0.05, 0.1) is 31.5 Å². The molecule has 0 fully saturated rings. The fourth-order valence-corrected chi connectivity index (χ4v) is 4.84. The van der Waals surface area contributed by atoms with Gasteiger partial charge in [0.15, 0.2) is 0 Å². The SMILES string of the molecule is CCOC(=O)Cc1cccc2c1OC(c1cc(-c3cccc(CNC(=O)OC(C)(C)C)c3F)c3occc3c1)CN2. The zero-order chi connectivity index (χ0) is 29.1. The number of carbonyl (C=O) groups excluding carboxylic acids is 2. The molecule has 9 heteroatoms. The van der Waals surface area contributed by atoms with E-state index in [4.69, 9.17) is 18.6 Å². The summed E-state index contributed by atoms with van der Waals surface area (Å²) in [7, 11) is 0. The number of alkyl carbamates (subject to hydrolysis) is 1. The average Bonchev–Trinajstić information content (AvgIpc) is 3.40. The predicted molar refractivity (Wildman–Crippen MR) is 153 cm³/mol. The van der Waals surface area contributed by atoms with Crippen molar-refractivity contribution < 1.29 is 32.6 Å². The maximum atomic E-state index is 15.9. The van der Waals surface area contributed by atoms with Gasteiger partial charge in [0.25, 0.3) is 0 Å². The minimum absolute atomic E-state index is 0.0365. The van der Waals surface area contributed by atoms with Crippen LogP contribution in [-0.4, -0.2) is 30.8 Å². The molecule has 1 unspecified atom stereocenters. The van der Waals surface area contributed by atoms with E-state index in [1.54, 1.807) is 52.2 Å². The van der Waals surface area contributed by atoms with Gasteiger partial charge < -0.3 is 29.3 Å². The summed E-state index contributed by atoms with van der Waals surface area (Å²) < 4.78 is 38.5. The molecule has 0 saturated carbocycles. The van der Waals surface area contributed by atoms with Crippen LogP contribution in [0.1, 0.15) is 50.5 Å². The van der Waals surface area contributed by atoms with Crippen molar-refractivity contribution in [3.63, 3.8) is 0 Å². The topological polar surface area (TPSA) is 99.0 Å². The summed E-state index contributed by atoms with van der Waals surface area (Å²) >= 11 is 0. The van der Waals surface area contributed by atoms with Gasteiger partial charge in [0.1, 0.15) is 28.9 Å². The molecule has 5 rings (SSSR count). The molecule has 0 saturated heterocycles. The quantitative estimate of drug-likeness (QED) is 0.237. The van der Waals surface area contributed by atoms with E-state index in [1.165, 1.54) is 0 Å². The second-order valence-corrected chi connectivity index (χ2v) is 10.8. The minimum atomic E-state index is -0.661. The predicted octanol–water partition coefficient (Wildman–Crippen LogP) is 6.91. The number of ether oxygens (including phenoxy) is 3. The normalized spacial score (nSPS) is 14.5. The van der Waals surface area contributed by atoms with E-state index in [0.717, 1.165) is 22.2 Å². The Bertz CT molecular complexity index is 1590. The Morgan fingerprint density at radius 2 is 1.85 bits per heavy atom. The average molecular weight is 561 g/mol. The number of amides is 1. The number of furan rings is 1. The number of hydrogen-bond acceptors (Lipinski definition) is 7. The standard InChI is InChI=1S/C32H33FN2O6/c1-5-38-27(36)16-19-8-7-11-25-30(19)40-26(18-34-25)22-14-20-12-13-39-29(20)24(15-22)23-10-6-9-21(28(23)33)17-35-31(37)41-32(2,3)4/h6-15,26,34H,5,16-18H2,1-4H3,(H,35,37). The fourth-order valence-electron chi connectivity index (χ4n) is 4.84. The number of carbonyl (C=O) groups is 2. The van der Waals surface area contributed by atoms with Gasteiger partial charge in [-0.25, -0.2) is 9.18 Å². The Hall–Kier alpha value is -4.53. The number of anilines is 1. The van der Waals surface area contributed by atoms with Gasteiger partial charge >= 0.3 is 12.1 Å². The highest BCUT2D eigenvalue weighted by Gasteiger charge is 2.26. The van der Waals surface area contributed by atoms with Crippen LogP contribution in [0.25, 0.3) is 22.1 Å². The van der Waals surface area contributed by atoms with Crippen molar-refractivity contribution in [2.45, 2.75) is 52.4 Å². The first kappa shape index (κ1) is 28.0. The summed E-state index contributed by atoms with van der Waals surface area (Å²) in [4.78, 5) is 24.3. The van der Waals surface area contributed by atoms with E-state index >= 15 is 4.39 Å². The third kappa shape index (κ3) is 6.29. The lowest BCUT2D eigenvalue weighted by atomic mass is 9.95. The molecule has 4 aromatic rings. The Labute approximate surface area is 237 Å². The van der Waals surface area contributed by atoms with Gasteiger partial charge in [0.2, 0.25) is 0 Å². The number of para-hydroxylation sites is 1. The first-order valence-electron chi connectivity index (χ1n) is 13.6. The second kappa shape index (κ2) is 11.5. The molecule has 2 N–H and O–H groups in total. The highest BCUT2D eigenvalue weighted by Crippen LogP contribution is 2.40. The van der Waals surface area contributed by atoms with Crippen molar-refractivity contribution in [1.29, 1.82) is 0 Å². The third-order valence-corrected chi connectivity index (χ3v) is 6.61. The van der Waals surface area contributed by atoms with Gasteiger partial charge in [-0.1, -0.05) is 30.3 Å². The van der Waals surface area contributed by atoms with E-state index in [0.29, 0.717) is 41.2 Å². The first-order valence-corrected chi connectivity index (χ1v) is 13.6. The Kier molecular flexibility index (Phi) is 7.88. The molecule has 3 aromatic carbocycles. The molecule has 1 aliphatic rings. The molecule has 1 amide bonds. The molecule has 2 heterocycles. The van der Waals surface area contributed by atoms with E-state index in [2.05, 4.69) is 10.6 Å². The molecule has 0 radical (unpaired) electrons. The molecule has 8 nitrogen and oxygen atoms in total. The third-order valence-electron chi connectivity index (χ3n) is 6.61. The number of nitrogens with one attached hydrogen (secondary N) is 2. The maximum absolute atomic E-state index is 15.9. The van der Waals surface area contributed by atoms with Crippen molar-refractivity contribution in [2.75, 3.05) is 18.5 Å². The van der Waals surface area contributed by atoms with Crippen molar-refractivity contribution in [1.82, 2.24) is 5.32 Å². The van der Waals surface area contributed by atoms with E-state index < -0.39 is 23.6 Å². The zero-order valence-electron chi connectivity index (χ0n) is 23.5. The monoisotopic (exact) mass is 560 g/mol. The van der Waals surface area contributed by atoms with Crippen molar-refractivity contribution in [2.24, 2.45) is 0 Å². The lowest BCUT2D eigenvalue weighted by molar-refractivity contribution is -0.142. The van der Waals surface area contributed by atoms with Gasteiger partial charge in [-0.2, -0.15) is 0 Å². The molecule has 1 aromatic heterocycles. The smallest absolute Gasteiger partial charge is 0.407 e. The summed E-state index contributed by atoms with van der Waals surface area (Å²) in [5.41, 5.74) is 3.42. The van der Waals surface area contributed by atoms with Crippen LogP contribution in [0.15, 0.2) is 65.3 Å². The van der Waals surface area contributed by atoms with Gasteiger partial charge in [-0.05, 0) is 57.5 Å². The molecular formula is C32H33FN2O6. The van der Waals surface area contributed by atoms with Crippen LogP contribution in [0.3, 0.4) is 0 Å². The molecule has 0 bridgehead atoms. The number of hydrogen-bond donors (Lipinski definition) is 2. The summed E-state index contributed by atoms with van der Waals surface area (Å²) in [6, 6.07) is 16.3. The summed E-state index contributed by atoms with van der Waals surface area (Å²) in [6.45, 7) is 7.80. The lowest BCUT2D eigenvalue weighted by Gasteiger charge is -2.29. The number of rotatable bonds is 7. The van der Waals surface area contributed by atoms with Crippen LogP contribution in [0.2, 0.25) is 0 Å². The molecule has 0 aliphatic carbocycles. The number of benzene rings is 3. The van der Waals surface area contributed by atoms with Crippen LogP contribution >= 0.6 is 0 Å². The molecule has 1 atom stereocenters. The maximum Gasteiger partial charge on any atom is 0.407 e. The van der Waals surface area contributed by atoms with Crippen molar-refractivity contribution in [3.05, 3.63) is 83.4 Å². The van der Waals surface area contributed by atoms with Gasteiger partial charge in [-0.15, -0.1) is 0 Å². The molecule has 1 aliphatic heterocycles. The molecule has 41 heavy (non-hydrogen) atoms. The summed E-state index contributed by atoms with van der Waals surface area (Å²) in [6.07, 6.45) is 0.620. The highest BCUT2D eigenvalue weighted by atomic mass is 19.1. The van der Waals surface area contributed by atoms with Crippen LogP contribution in [-0.2, 0) is 27.2 Å². The van der Waals surface area contributed by atoms with Crippen molar-refractivity contribution >= 4 is 28.7 Å². The van der Waals surface area contributed by atoms with Crippen LogP contribution < -0.4 is 15.4 Å². The Morgan fingerprint density at radius 1 is 1.07 bits per heavy atom. The molecular weight excluding hydrogens is 527 g/mol. The lowest BCUT2D eigenvalue weighted by Crippen LogP contribution is -2.32. The van der Waals surface area contributed by atoms with Crippen LogP contribution in [0.4, 0.5) is 14.9 Å². The molecule has 0 spiro atoms. The highest BCUT2D eigenvalue weighted by molar-refractivity contribution is 5.93. The Balaban J connectivity index is 1.45. The summed E-state index contributed by atoms with van der Waals surface area (Å²) in [5, 5.41) is 6.81. The Morgan fingerprint density at radius 3 is 2.63 bits per heavy atom. The largest absolute Gasteiger partial charge is 0.481 e. The summed E-state index contributed by atoms with van der Waals surface area (Å²) in [5.74, 6) is -0.208. The van der Waals surface area contributed by atoms with E-state index in [1.807, 2.05) is 36.4 Å². The minimum Gasteiger partial charge on any atom is -0.481 e. The number of halogens is 1. The van der Waals surface area contributed by atoms with Gasteiger partial charge in [0, 0.05) is 34.2 Å². The zero-order valence-corrected chi connectivity index (χ0v) is 23.5. The van der Waals surface area contributed by atoms with E-state index in [9.17, 15) is 9.59 Å².